The molecule has 1 unspecified atom stereocenters. The summed E-state index contributed by atoms with van der Waals surface area (Å²) in [5.74, 6) is 1.14. The molecule has 0 radical (unpaired) electrons. The van der Waals surface area contributed by atoms with Gasteiger partial charge in [-0.1, -0.05) is 13.8 Å². The number of anilines is 1. The summed E-state index contributed by atoms with van der Waals surface area (Å²) in [5, 5.41) is 11.1. The van der Waals surface area contributed by atoms with Crippen LogP contribution >= 0.6 is 11.6 Å². The van der Waals surface area contributed by atoms with Crippen LogP contribution in [0.5, 0.6) is 0 Å². The number of aromatic nitrogens is 4. The number of nitrogens with one attached hydrogen (secondary N) is 1. The van der Waals surface area contributed by atoms with Crippen LogP contribution in [0, 0.1) is 5.92 Å². The quantitative estimate of drug-likeness (QED) is 0.827. The van der Waals surface area contributed by atoms with Crippen LogP contribution in [0.1, 0.15) is 13.8 Å². The number of hydrogen-bond donors (Lipinski definition) is 1. The van der Waals surface area contributed by atoms with Gasteiger partial charge in [0.2, 0.25) is 5.65 Å². The molecule has 1 atom stereocenters. The summed E-state index contributed by atoms with van der Waals surface area (Å²) < 4.78 is 1.81. The third-order valence-corrected chi connectivity index (χ3v) is 3.06. The molecular formula is C10H14ClN5. The molecule has 5 nitrogen and oxygen atoms in total. The fourth-order valence-electron chi connectivity index (χ4n) is 1.31. The van der Waals surface area contributed by atoms with Crippen LogP contribution in [0.2, 0.25) is 0 Å². The third kappa shape index (κ3) is 2.24. The largest absolute Gasteiger partial charge is 0.365 e. The Kier molecular flexibility index (Phi) is 3.24. The van der Waals surface area contributed by atoms with E-state index >= 15 is 0 Å². The molecule has 0 aliphatic carbocycles. The lowest BCUT2D eigenvalue weighted by molar-refractivity contribution is 0.615. The predicted octanol–water partition coefficient (Wildman–Crippen LogP) is 1.80. The highest BCUT2D eigenvalue weighted by Gasteiger charge is 2.11. The number of rotatable bonds is 4. The lowest BCUT2D eigenvalue weighted by Gasteiger charge is -2.14. The van der Waals surface area contributed by atoms with Gasteiger partial charge in [-0.05, 0) is 5.92 Å². The minimum atomic E-state index is 0.0741. The van der Waals surface area contributed by atoms with E-state index in [2.05, 4.69) is 34.3 Å². The Morgan fingerprint density at radius 3 is 3.06 bits per heavy atom. The average molecular weight is 240 g/mol. The van der Waals surface area contributed by atoms with Crippen LogP contribution in [-0.4, -0.2) is 31.5 Å². The molecule has 16 heavy (non-hydrogen) atoms. The first-order chi connectivity index (χ1) is 7.68. The monoisotopic (exact) mass is 239 g/mol. The Balaban J connectivity index is 2.12. The zero-order chi connectivity index (χ0) is 11.5. The maximum atomic E-state index is 6.16. The first kappa shape index (κ1) is 11.1. The summed E-state index contributed by atoms with van der Waals surface area (Å²) >= 11 is 6.16. The Hall–Kier alpha value is -1.36. The van der Waals surface area contributed by atoms with Gasteiger partial charge in [-0.25, -0.2) is 4.98 Å². The van der Waals surface area contributed by atoms with E-state index in [1.54, 1.807) is 18.7 Å². The van der Waals surface area contributed by atoms with E-state index in [0.29, 0.717) is 18.3 Å². The van der Waals surface area contributed by atoms with Crippen molar-refractivity contribution in [2.45, 2.75) is 19.2 Å². The van der Waals surface area contributed by atoms with Crippen molar-refractivity contribution in [1.82, 2.24) is 19.6 Å². The lowest BCUT2D eigenvalue weighted by Crippen LogP contribution is -2.20. The van der Waals surface area contributed by atoms with E-state index in [1.165, 1.54) is 0 Å². The van der Waals surface area contributed by atoms with Gasteiger partial charge in [0.1, 0.15) is 6.33 Å². The molecule has 86 valence electrons. The molecule has 0 amide bonds. The highest BCUT2D eigenvalue weighted by molar-refractivity contribution is 6.21. The zero-order valence-electron chi connectivity index (χ0n) is 9.26. The van der Waals surface area contributed by atoms with Gasteiger partial charge >= 0.3 is 0 Å². The average Bonchev–Trinajstić information content (AvgIpc) is 2.73. The molecule has 0 aromatic carbocycles. The van der Waals surface area contributed by atoms with Crippen LogP contribution in [0.25, 0.3) is 5.65 Å². The third-order valence-electron chi connectivity index (χ3n) is 2.40. The Bertz CT molecular complexity index is 467. The van der Waals surface area contributed by atoms with Crippen LogP contribution in [0.4, 0.5) is 5.82 Å². The van der Waals surface area contributed by atoms with Crippen molar-refractivity contribution in [1.29, 1.82) is 0 Å². The van der Waals surface area contributed by atoms with E-state index < -0.39 is 0 Å². The molecule has 2 aromatic heterocycles. The molecule has 0 aliphatic rings. The Labute approximate surface area is 98.9 Å². The number of alkyl halides is 1. The summed E-state index contributed by atoms with van der Waals surface area (Å²) in [7, 11) is 0. The van der Waals surface area contributed by atoms with Crippen molar-refractivity contribution < 1.29 is 0 Å². The molecule has 2 heterocycles. The van der Waals surface area contributed by atoms with Crippen LogP contribution in [0.3, 0.4) is 0 Å². The molecule has 0 bridgehead atoms. The summed E-state index contributed by atoms with van der Waals surface area (Å²) in [4.78, 5) is 4.22. The molecule has 6 heteroatoms. The normalized spacial score (nSPS) is 13.2. The van der Waals surface area contributed by atoms with Gasteiger partial charge in [0.05, 0.1) is 5.38 Å². The maximum absolute atomic E-state index is 6.16. The number of halogens is 1. The fourth-order valence-corrected chi connectivity index (χ4v) is 1.39. The standard InChI is InChI=1S/C10H14ClN5/c1-7(2)8(11)5-13-9-10-15-14-6-16(10)4-3-12-9/h3-4,6-8H,5H2,1-2H3,(H,12,13). The lowest BCUT2D eigenvalue weighted by atomic mass is 10.1. The first-order valence-corrected chi connectivity index (χ1v) is 5.64. The molecule has 1 N–H and O–H groups in total. The van der Waals surface area contributed by atoms with Crippen molar-refractivity contribution in [3.63, 3.8) is 0 Å². The van der Waals surface area contributed by atoms with Crippen molar-refractivity contribution >= 4 is 23.1 Å². The minimum absolute atomic E-state index is 0.0741. The summed E-state index contributed by atoms with van der Waals surface area (Å²) in [6.45, 7) is 4.84. The van der Waals surface area contributed by atoms with E-state index in [4.69, 9.17) is 11.6 Å². The van der Waals surface area contributed by atoms with Crippen molar-refractivity contribution in [2.75, 3.05) is 11.9 Å². The fraction of sp³-hybridized carbons (Fsp3) is 0.500. The molecular weight excluding hydrogens is 226 g/mol. The van der Waals surface area contributed by atoms with E-state index in [-0.39, 0.29) is 5.38 Å². The highest BCUT2D eigenvalue weighted by Crippen LogP contribution is 2.13. The number of fused-ring (bicyclic) bond motifs is 1. The van der Waals surface area contributed by atoms with Crippen LogP contribution in [0.15, 0.2) is 18.7 Å². The van der Waals surface area contributed by atoms with Crippen LogP contribution < -0.4 is 5.32 Å². The summed E-state index contributed by atoms with van der Waals surface area (Å²) in [6, 6.07) is 0. The molecule has 0 saturated heterocycles. The number of hydrogen-bond acceptors (Lipinski definition) is 4. The highest BCUT2D eigenvalue weighted by atomic mass is 35.5. The van der Waals surface area contributed by atoms with Gasteiger partial charge in [0, 0.05) is 18.9 Å². The van der Waals surface area contributed by atoms with Gasteiger partial charge in [0.15, 0.2) is 5.82 Å². The second kappa shape index (κ2) is 4.65. The Morgan fingerprint density at radius 2 is 2.31 bits per heavy atom. The molecule has 0 aliphatic heterocycles. The van der Waals surface area contributed by atoms with Crippen molar-refractivity contribution in [3.8, 4) is 0 Å². The predicted molar refractivity (Wildman–Crippen MR) is 63.8 cm³/mol. The summed E-state index contributed by atoms with van der Waals surface area (Å²) in [5.41, 5.74) is 0.718. The second-order valence-corrected chi connectivity index (χ2v) is 4.54. The van der Waals surface area contributed by atoms with E-state index in [1.807, 2.05) is 4.40 Å². The van der Waals surface area contributed by atoms with Gasteiger partial charge in [0.25, 0.3) is 0 Å². The smallest absolute Gasteiger partial charge is 0.203 e. The number of nitrogens with zero attached hydrogens (tertiary/aromatic N) is 4. The van der Waals surface area contributed by atoms with E-state index in [0.717, 1.165) is 5.65 Å². The molecule has 2 aromatic rings. The SMILES string of the molecule is CC(C)C(Cl)CNc1nccn2cnnc12. The van der Waals surface area contributed by atoms with Gasteiger partial charge in [-0.15, -0.1) is 21.8 Å². The molecule has 0 fully saturated rings. The molecule has 0 spiro atoms. The topological polar surface area (TPSA) is 55.1 Å². The van der Waals surface area contributed by atoms with Gasteiger partial charge in [-0.3, -0.25) is 4.40 Å². The maximum Gasteiger partial charge on any atom is 0.203 e. The second-order valence-electron chi connectivity index (χ2n) is 3.98. The summed E-state index contributed by atoms with van der Waals surface area (Å²) in [6.07, 6.45) is 5.15. The molecule has 2 rings (SSSR count). The van der Waals surface area contributed by atoms with Crippen LogP contribution in [-0.2, 0) is 0 Å². The van der Waals surface area contributed by atoms with Crippen molar-refractivity contribution in [2.24, 2.45) is 5.92 Å². The first-order valence-electron chi connectivity index (χ1n) is 5.21. The minimum Gasteiger partial charge on any atom is -0.365 e. The van der Waals surface area contributed by atoms with Crippen molar-refractivity contribution in [3.05, 3.63) is 18.7 Å². The molecule has 0 saturated carbocycles. The van der Waals surface area contributed by atoms with E-state index in [9.17, 15) is 0 Å². The zero-order valence-corrected chi connectivity index (χ0v) is 10.0. The van der Waals surface area contributed by atoms with Gasteiger partial charge < -0.3 is 5.32 Å². The van der Waals surface area contributed by atoms with Gasteiger partial charge in [-0.2, -0.15) is 0 Å². The Morgan fingerprint density at radius 1 is 1.50 bits per heavy atom.